The highest BCUT2D eigenvalue weighted by Crippen LogP contribution is 2.45. The lowest BCUT2D eigenvalue weighted by Crippen LogP contribution is -2.43. The Labute approximate surface area is 334 Å². The molecule has 4 heterocycles. The Bertz CT molecular complexity index is 2490. The normalized spacial score (nSPS) is 17.8. The molecule has 2 saturated heterocycles. The summed E-state index contributed by atoms with van der Waals surface area (Å²) in [4.78, 5) is 16.5. The van der Waals surface area contributed by atoms with Crippen LogP contribution < -0.4 is 28.6 Å². The van der Waals surface area contributed by atoms with E-state index in [1.165, 1.54) is 34.5 Å². The summed E-state index contributed by atoms with van der Waals surface area (Å²) in [5, 5.41) is 10.3. The zero-order valence-electron chi connectivity index (χ0n) is 31.9. The zero-order chi connectivity index (χ0) is 40.9. The highest BCUT2D eigenvalue weighted by atomic mass is 35.5. The van der Waals surface area contributed by atoms with E-state index in [1.807, 2.05) is 4.90 Å². The molecule has 0 unspecified atom stereocenters. The molecule has 0 spiro atoms. The highest BCUT2D eigenvalue weighted by molar-refractivity contribution is 6.34. The van der Waals surface area contributed by atoms with Gasteiger partial charge in [-0.1, -0.05) is 11.6 Å². The average molecular weight is 824 g/mol. The van der Waals surface area contributed by atoms with Gasteiger partial charge in [0.05, 0.1) is 63.0 Å². The predicted octanol–water partition coefficient (Wildman–Crippen LogP) is 8.41. The number of rotatable bonds is 13. The zero-order valence-corrected chi connectivity index (χ0v) is 32.6. The maximum Gasteiger partial charge on any atom is 0.320 e. The molecule has 0 saturated carbocycles. The number of halogens is 5. The average Bonchev–Trinajstić information content (AvgIpc) is 3.91. The second kappa shape index (κ2) is 15.5. The molecule has 4 aromatic carbocycles. The summed E-state index contributed by atoms with van der Waals surface area (Å²) in [7, 11) is 6.05. The molecule has 2 aromatic heterocycles. The number of aromatic nitrogens is 3. The molecular weight excluding hydrogens is 786 g/mol. The third-order valence-corrected chi connectivity index (χ3v) is 11.2. The summed E-state index contributed by atoms with van der Waals surface area (Å²) >= 11 is 6.63. The first-order valence-corrected chi connectivity index (χ1v) is 18.7. The first-order valence-electron chi connectivity index (χ1n) is 18.3. The number of nitrogens with zero attached hydrogens (tertiary/aromatic N) is 5. The molecular formula is C41H38ClF4N5O7. The molecule has 17 heteroatoms. The highest BCUT2D eigenvalue weighted by Gasteiger charge is 2.49. The molecule has 0 radical (unpaired) electrons. The van der Waals surface area contributed by atoms with Crippen LogP contribution >= 0.6 is 11.6 Å². The smallest absolute Gasteiger partial charge is 0.320 e. The Hall–Kier alpha value is -5.74. The number of hydrogen-bond acceptors (Lipinski definition) is 12. The standard InChI is InChI=1S/C41H38ClF4N5O7/c1-53-24-8-6-21(30(12-24)55-3)17-50(18-22-7-9-25(54-2)13-31(22)56-4)40-48-36-33(28(44)15-29(45)37(36)58-40)32-27(42)14-26-35(34(32)46)47-39(49-38(26)52)57-20-41-10-5-11-51(41)19-23(43)16-41/h6-9,12-15,23H,5,10-11,16-20H2,1-4H3,(H,47,49,52)/t23-,41+/m1/s1. The fourth-order valence-corrected chi connectivity index (χ4v) is 8.33. The summed E-state index contributed by atoms with van der Waals surface area (Å²) < 4.78 is 97.0. The topological polar surface area (TPSA) is 125 Å². The van der Waals surface area contributed by atoms with Gasteiger partial charge in [0.1, 0.15) is 52.6 Å². The van der Waals surface area contributed by atoms with Crippen LogP contribution in [0.5, 0.6) is 34.9 Å². The van der Waals surface area contributed by atoms with Gasteiger partial charge in [-0.15, -0.1) is 0 Å². The molecule has 2 aliphatic heterocycles. The van der Waals surface area contributed by atoms with E-state index < -0.39 is 57.3 Å². The number of ether oxygens (including phenoxy) is 5. The Morgan fingerprint density at radius 1 is 0.862 bits per heavy atom. The van der Waals surface area contributed by atoms with Crippen molar-refractivity contribution in [1.82, 2.24) is 19.9 Å². The van der Waals surface area contributed by atoms with Gasteiger partial charge in [-0.2, -0.15) is 15.0 Å². The summed E-state index contributed by atoms with van der Waals surface area (Å²) in [5.41, 5.74) is -1.59. The van der Waals surface area contributed by atoms with Crippen LogP contribution in [0.4, 0.5) is 23.6 Å². The van der Waals surface area contributed by atoms with Crippen LogP contribution in [-0.4, -0.2) is 84.8 Å². The molecule has 0 aliphatic carbocycles. The summed E-state index contributed by atoms with van der Waals surface area (Å²) in [6, 6.07) is 11.6. The van der Waals surface area contributed by atoms with E-state index in [1.54, 1.807) is 41.3 Å². The summed E-state index contributed by atoms with van der Waals surface area (Å²) in [6.45, 7) is 1.16. The Morgan fingerprint density at radius 3 is 2.17 bits per heavy atom. The first kappa shape index (κ1) is 39.1. The van der Waals surface area contributed by atoms with Gasteiger partial charge in [-0.25, -0.2) is 17.6 Å². The molecule has 12 nitrogen and oxygen atoms in total. The van der Waals surface area contributed by atoms with Gasteiger partial charge in [0.25, 0.3) is 6.01 Å². The molecule has 1 N–H and O–H groups in total. The van der Waals surface area contributed by atoms with Gasteiger partial charge < -0.3 is 38.1 Å². The number of fused-ring (bicyclic) bond motifs is 3. The van der Waals surface area contributed by atoms with Crippen molar-refractivity contribution in [2.24, 2.45) is 0 Å². The van der Waals surface area contributed by atoms with Crippen molar-refractivity contribution in [2.45, 2.75) is 44.1 Å². The summed E-state index contributed by atoms with van der Waals surface area (Å²) in [5.74, 6) is -2.07. The van der Waals surface area contributed by atoms with Crippen LogP contribution in [-0.2, 0) is 13.1 Å². The third kappa shape index (κ3) is 6.97. The van der Waals surface area contributed by atoms with Crippen molar-refractivity contribution < 1.29 is 50.8 Å². The maximum absolute atomic E-state index is 16.8. The predicted molar refractivity (Wildman–Crippen MR) is 207 cm³/mol. The van der Waals surface area contributed by atoms with Crippen LogP contribution in [0.15, 0.2) is 52.9 Å². The number of anilines is 1. The molecule has 2 fully saturated rings. The monoisotopic (exact) mass is 823 g/mol. The SMILES string of the molecule is COc1ccc(CN(Cc2ccc(OC)cc2OC)c2nc3c(-c4c(Cl)cc5c(O)nc(OC[C@@]67CCCN6C[C@H](F)C7)nc5c4F)c(F)cc(F)c3o2)c(OC)c1. The molecule has 2 atom stereocenters. The van der Waals surface area contributed by atoms with Crippen LogP contribution in [0, 0.1) is 17.5 Å². The van der Waals surface area contributed by atoms with E-state index in [4.69, 9.17) is 39.7 Å². The number of hydrogen-bond donors (Lipinski definition) is 1. The number of aromatic hydroxyl groups is 1. The fraction of sp³-hybridized carbons (Fsp3) is 0.341. The Balaban J connectivity index is 1.23. The van der Waals surface area contributed by atoms with Crippen molar-refractivity contribution in [2.75, 3.05) is 53.0 Å². The second-order valence-electron chi connectivity index (χ2n) is 14.2. The fourth-order valence-electron chi connectivity index (χ4n) is 8.04. The minimum Gasteiger partial charge on any atom is -0.497 e. The van der Waals surface area contributed by atoms with Crippen molar-refractivity contribution in [3.8, 4) is 46.0 Å². The Morgan fingerprint density at radius 2 is 1.53 bits per heavy atom. The third-order valence-electron chi connectivity index (χ3n) is 10.9. The van der Waals surface area contributed by atoms with Gasteiger partial charge in [0.2, 0.25) is 5.88 Å². The van der Waals surface area contributed by atoms with Gasteiger partial charge in [-0.3, -0.25) is 4.90 Å². The van der Waals surface area contributed by atoms with Crippen LogP contribution in [0.2, 0.25) is 5.02 Å². The van der Waals surface area contributed by atoms with Crippen LogP contribution in [0.1, 0.15) is 30.4 Å². The van der Waals surface area contributed by atoms with E-state index in [0.717, 1.165) is 6.42 Å². The largest absolute Gasteiger partial charge is 0.497 e. The molecule has 6 aromatic rings. The minimum absolute atomic E-state index is 0.0106. The van der Waals surface area contributed by atoms with E-state index in [-0.39, 0.29) is 60.6 Å². The van der Waals surface area contributed by atoms with Crippen molar-refractivity contribution in [3.63, 3.8) is 0 Å². The van der Waals surface area contributed by atoms with Gasteiger partial charge in [0.15, 0.2) is 17.2 Å². The second-order valence-corrected chi connectivity index (χ2v) is 14.6. The van der Waals surface area contributed by atoms with Crippen LogP contribution in [0.25, 0.3) is 33.1 Å². The number of alkyl halides is 1. The van der Waals surface area contributed by atoms with E-state index in [0.29, 0.717) is 53.2 Å². The first-order chi connectivity index (χ1) is 27.9. The summed E-state index contributed by atoms with van der Waals surface area (Å²) in [6.07, 6.45) is 0.804. The molecule has 0 bridgehead atoms. The number of benzene rings is 4. The molecule has 304 valence electrons. The number of oxazole rings is 1. The molecule has 0 amide bonds. The van der Waals surface area contributed by atoms with E-state index in [9.17, 15) is 9.50 Å². The Kier molecular flexibility index (Phi) is 10.5. The molecule has 58 heavy (non-hydrogen) atoms. The molecule has 2 aliphatic rings. The lowest BCUT2D eigenvalue weighted by molar-refractivity contribution is 0.107. The maximum atomic E-state index is 16.8. The number of methoxy groups -OCH3 is 4. The lowest BCUT2D eigenvalue weighted by atomic mass is 9.95. The van der Waals surface area contributed by atoms with E-state index in [2.05, 4.69) is 15.0 Å². The molecule has 8 rings (SSSR count). The van der Waals surface area contributed by atoms with Crippen molar-refractivity contribution in [1.29, 1.82) is 0 Å². The minimum atomic E-state index is -1.19. The van der Waals surface area contributed by atoms with Crippen molar-refractivity contribution >= 4 is 39.6 Å². The lowest BCUT2D eigenvalue weighted by Gasteiger charge is -2.30. The van der Waals surface area contributed by atoms with Gasteiger partial charge >= 0.3 is 6.01 Å². The van der Waals surface area contributed by atoms with Gasteiger partial charge in [-0.05, 0) is 49.7 Å². The van der Waals surface area contributed by atoms with E-state index >= 15 is 13.2 Å². The quantitative estimate of drug-likeness (QED) is 0.113. The van der Waals surface area contributed by atoms with Crippen LogP contribution in [0.3, 0.4) is 0 Å². The van der Waals surface area contributed by atoms with Gasteiger partial charge in [0, 0.05) is 47.9 Å². The van der Waals surface area contributed by atoms with Crippen molar-refractivity contribution in [3.05, 3.63) is 82.1 Å².